The van der Waals surface area contributed by atoms with Gasteiger partial charge in [-0.1, -0.05) is 44.2 Å². The average Bonchev–Trinajstić information content (AvgIpc) is 3.67. The molecule has 1 aliphatic rings. The van der Waals surface area contributed by atoms with Crippen molar-refractivity contribution in [1.82, 2.24) is 34.2 Å². The average molecular weight is 527 g/mol. The summed E-state index contributed by atoms with van der Waals surface area (Å²) in [5.41, 5.74) is 5.94. The summed E-state index contributed by atoms with van der Waals surface area (Å²) in [7, 11) is 4.24. The maximum atomic E-state index is 5.00. The van der Waals surface area contributed by atoms with Crippen LogP contribution in [0.15, 0.2) is 59.9 Å². The van der Waals surface area contributed by atoms with Gasteiger partial charge < -0.3 is 14.5 Å². The molecule has 8 heteroatoms. The van der Waals surface area contributed by atoms with E-state index in [0.717, 1.165) is 86.4 Å². The third kappa shape index (κ3) is 6.57. The number of imidazole rings is 2. The Balaban J connectivity index is 1.34. The van der Waals surface area contributed by atoms with E-state index in [-0.39, 0.29) is 0 Å². The first-order valence-electron chi connectivity index (χ1n) is 14.3. The second-order valence-corrected chi connectivity index (χ2v) is 10.7. The van der Waals surface area contributed by atoms with Crippen molar-refractivity contribution < 1.29 is 0 Å². The number of nitrogens with zero attached hydrogens (tertiary/aromatic N) is 7. The Morgan fingerprint density at radius 2 is 1.62 bits per heavy atom. The molecule has 1 aliphatic heterocycles. The van der Waals surface area contributed by atoms with E-state index in [9.17, 15) is 0 Å². The van der Waals surface area contributed by atoms with E-state index >= 15 is 0 Å². The maximum Gasteiger partial charge on any atom is 0.140 e. The fourth-order valence-electron chi connectivity index (χ4n) is 5.48. The molecule has 0 aliphatic carbocycles. The molecule has 0 radical (unpaired) electrons. The Hall–Kier alpha value is -3.49. The van der Waals surface area contributed by atoms with Crippen molar-refractivity contribution in [2.45, 2.75) is 46.3 Å². The lowest BCUT2D eigenvalue weighted by Crippen LogP contribution is -2.36. The van der Waals surface area contributed by atoms with Crippen LogP contribution in [0.25, 0.3) is 22.4 Å². The molecule has 0 atom stereocenters. The van der Waals surface area contributed by atoms with E-state index in [1.54, 1.807) is 0 Å². The number of hydrogen-bond acceptors (Lipinski definition) is 6. The maximum absolute atomic E-state index is 5.00. The molecule has 5 rings (SSSR count). The van der Waals surface area contributed by atoms with Gasteiger partial charge in [0.2, 0.25) is 0 Å². The molecule has 39 heavy (non-hydrogen) atoms. The molecule has 0 unspecified atom stereocenters. The molecule has 206 valence electrons. The summed E-state index contributed by atoms with van der Waals surface area (Å²) < 4.78 is 2.22. The van der Waals surface area contributed by atoms with Crippen LogP contribution in [0, 0.1) is 0 Å². The van der Waals surface area contributed by atoms with Crippen LogP contribution in [0.4, 0.5) is 0 Å². The standard InChI is InChI=1S/C31H42N8/c1-5-16-38(17-6-2)20-24-7-10-26(11-8-24)31-35-27-12-9-25(19-28(27)37(31)4)21-39(22-29-32-13-14-33-29)23-30-34-15-18-36(30)3/h7-14,19H,5-6,15-18,20-23H2,1-4H3,(H,32,33). The Kier molecular flexibility index (Phi) is 8.74. The molecule has 4 aromatic rings. The molecule has 2 aromatic heterocycles. The molecule has 2 aromatic carbocycles. The normalized spacial score (nSPS) is 13.8. The van der Waals surface area contributed by atoms with Gasteiger partial charge in [0.25, 0.3) is 0 Å². The Labute approximate surface area is 232 Å². The first-order chi connectivity index (χ1) is 19.0. The number of benzene rings is 2. The molecule has 0 bridgehead atoms. The van der Waals surface area contributed by atoms with Crippen LogP contribution >= 0.6 is 0 Å². The summed E-state index contributed by atoms with van der Waals surface area (Å²) in [6.45, 7) is 12.0. The van der Waals surface area contributed by atoms with Crippen molar-refractivity contribution >= 4 is 16.9 Å². The highest BCUT2D eigenvalue weighted by Gasteiger charge is 2.19. The number of hydrogen-bond donors (Lipinski definition) is 1. The number of aliphatic imine (C=N–C) groups is 1. The van der Waals surface area contributed by atoms with Crippen molar-refractivity contribution in [3.8, 4) is 11.4 Å². The second-order valence-electron chi connectivity index (χ2n) is 10.7. The van der Waals surface area contributed by atoms with E-state index in [1.807, 2.05) is 12.4 Å². The fraction of sp³-hybridized carbons (Fsp3) is 0.452. The minimum Gasteiger partial charge on any atom is -0.360 e. The Bertz CT molecular complexity index is 1360. The van der Waals surface area contributed by atoms with Gasteiger partial charge in [0.05, 0.1) is 30.7 Å². The smallest absolute Gasteiger partial charge is 0.140 e. The molecule has 0 saturated carbocycles. The Morgan fingerprint density at radius 1 is 0.872 bits per heavy atom. The van der Waals surface area contributed by atoms with Crippen molar-refractivity contribution in [1.29, 1.82) is 0 Å². The highest BCUT2D eigenvalue weighted by atomic mass is 15.3. The largest absolute Gasteiger partial charge is 0.360 e. The minimum atomic E-state index is 0.745. The molecule has 1 N–H and O–H groups in total. The van der Waals surface area contributed by atoms with Crippen LogP contribution < -0.4 is 0 Å². The lowest BCUT2D eigenvalue weighted by molar-refractivity contribution is 0.266. The number of aromatic nitrogens is 4. The third-order valence-corrected chi connectivity index (χ3v) is 7.51. The molecule has 3 heterocycles. The zero-order chi connectivity index (χ0) is 27.2. The number of rotatable bonds is 13. The van der Waals surface area contributed by atoms with Gasteiger partial charge in [-0.15, -0.1) is 0 Å². The summed E-state index contributed by atoms with van der Waals surface area (Å²) in [5.74, 6) is 3.11. The van der Waals surface area contributed by atoms with Crippen LogP contribution in [0.3, 0.4) is 0 Å². The summed E-state index contributed by atoms with van der Waals surface area (Å²) in [4.78, 5) is 24.6. The van der Waals surface area contributed by atoms with Crippen molar-refractivity contribution in [2.24, 2.45) is 12.0 Å². The lowest BCUT2D eigenvalue weighted by Gasteiger charge is -2.24. The van der Waals surface area contributed by atoms with Crippen LogP contribution in [0.2, 0.25) is 0 Å². The minimum absolute atomic E-state index is 0.745. The number of aryl methyl sites for hydroxylation is 1. The van der Waals surface area contributed by atoms with Crippen LogP contribution in [-0.2, 0) is 26.7 Å². The summed E-state index contributed by atoms with van der Waals surface area (Å²) in [5, 5.41) is 0. The molecule has 0 amide bonds. The Morgan fingerprint density at radius 3 is 2.28 bits per heavy atom. The fourth-order valence-corrected chi connectivity index (χ4v) is 5.48. The summed E-state index contributed by atoms with van der Waals surface area (Å²) in [6, 6.07) is 15.6. The van der Waals surface area contributed by atoms with Crippen molar-refractivity contribution in [3.05, 3.63) is 71.8 Å². The van der Waals surface area contributed by atoms with Crippen molar-refractivity contribution in [3.63, 3.8) is 0 Å². The van der Waals surface area contributed by atoms with Gasteiger partial charge in [0.1, 0.15) is 17.5 Å². The van der Waals surface area contributed by atoms with Crippen LogP contribution in [-0.4, -0.2) is 79.8 Å². The van der Waals surface area contributed by atoms with Crippen molar-refractivity contribution in [2.75, 3.05) is 39.8 Å². The van der Waals surface area contributed by atoms with Gasteiger partial charge in [-0.3, -0.25) is 14.8 Å². The number of fused-ring (bicyclic) bond motifs is 1. The van der Waals surface area contributed by atoms with E-state index in [1.165, 1.54) is 24.0 Å². The SMILES string of the molecule is CCCN(CCC)Cc1ccc(-c2nc3ccc(CN(CC4=NCCN4C)Cc4ncc[nH]4)cc3n2C)cc1. The first-order valence-corrected chi connectivity index (χ1v) is 14.3. The van der Waals surface area contributed by atoms with E-state index in [0.29, 0.717) is 0 Å². The quantitative estimate of drug-likeness (QED) is 0.268. The van der Waals surface area contributed by atoms with Gasteiger partial charge >= 0.3 is 0 Å². The van der Waals surface area contributed by atoms with Crippen LogP contribution in [0.5, 0.6) is 0 Å². The first kappa shape index (κ1) is 27.1. The molecular formula is C31H42N8. The van der Waals surface area contributed by atoms with Gasteiger partial charge in [0.15, 0.2) is 0 Å². The number of amidine groups is 1. The van der Waals surface area contributed by atoms with E-state index in [4.69, 9.17) is 9.98 Å². The van der Waals surface area contributed by atoms with E-state index in [2.05, 4.69) is 99.6 Å². The molecule has 0 fully saturated rings. The molecule has 0 saturated heterocycles. The van der Waals surface area contributed by atoms with Gasteiger partial charge in [0, 0.05) is 51.7 Å². The lowest BCUT2D eigenvalue weighted by atomic mass is 10.1. The zero-order valence-corrected chi connectivity index (χ0v) is 23.9. The predicted octanol–water partition coefficient (Wildman–Crippen LogP) is 4.93. The van der Waals surface area contributed by atoms with Gasteiger partial charge in [-0.05, 0) is 49.2 Å². The number of aromatic amines is 1. The molecule has 0 spiro atoms. The van der Waals surface area contributed by atoms with Gasteiger partial charge in [-0.25, -0.2) is 9.97 Å². The number of likely N-dealkylation sites (N-methyl/N-ethyl adjacent to an activating group) is 1. The third-order valence-electron chi connectivity index (χ3n) is 7.51. The highest BCUT2D eigenvalue weighted by molar-refractivity contribution is 5.85. The van der Waals surface area contributed by atoms with Crippen LogP contribution in [0.1, 0.15) is 43.6 Å². The number of nitrogens with one attached hydrogen (secondary N) is 1. The second kappa shape index (κ2) is 12.6. The van der Waals surface area contributed by atoms with E-state index < -0.39 is 0 Å². The number of H-pyrrole nitrogens is 1. The molecule has 8 nitrogen and oxygen atoms in total. The monoisotopic (exact) mass is 526 g/mol. The summed E-state index contributed by atoms with van der Waals surface area (Å²) >= 11 is 0. The molecular weight excluding hydrogens is 484 g/mol. The zero-order valence-electron chi connectivity index (χ0n) is 23.9. The predicted molar refractivity (Wildman–Crippen MR) is 160 cm³/mol. The summed E-state index contributed by atoms with van der Waals surface area (Å²) in [6.07, 6.45) is 6.07. The van der Waals surface area contributed by atoms with Gasteiger partial charge in [-0.2, -0.15) is 0 Å². The highest BCUT2D eigenvalue weighted by Crippen LogP contribution is 2.26. The topological polar surface area (TPSA) is 68.6 Å².